The number of rotatable bonds is 6. The van der Waals surface area contributed by atoms with Gasteiger partial charge in [-0.1, -0.05) is 6.07 Å². The van der Waals surface area contributed by atoms with E-state index in [0.29, 0.717) is 6.10 Å². The zero-order chi connectivity index (χ0) is 14.3. The third kappa shape index (κ3) is 4.40. The molecule has 0 bridgehead atoms. The number of nitrogens with zero attached hydrogens (tertiary/aromatic N) is 3. The summed E-state index contributed by atoms with van der Waals surface area (Å²) < 4.78 is 5.62. The molecule has 21 heavy (non-hydrogen) atoms. The molecule has 5 heteroatoms. The summed E-state index contributed by atoms with van der Waals surface area (Å²) in [5.41, 5.74) is 0. The molecule has 3 heterocycles. The summed E-state index contributed by atoms with van der Waals surface area (Å²) in [5.74, 6) is 1.11. The van der Waals surface area contributed by atoms with Gasteiger partial charge in [-0.05, 0) is 25.0 Å². The highest BCUT2D eigenvalue weighted by molar-refractivity contribution is 5.38. The molecule has 2 aliphatic heterocycles. The zero-order valence-corrected chi connectivity index (χ0v) is 12.7. The van der Waals surface area contributed by atoms with Gasteiger partial charge in [-0.3, -0.25) is 4.90 Å². The molecule has 0 aliphatic carbocycles. The summed E-state index contributed by atoms with van der Waals surface area (Å²) in [6.45, 7) is 8.53. The number of nitrogens with one attached hydrogen (secondary N) is 1. The SMILES string of the molecule is c1ccc(N2CCN(CCNCC3CCCO3)CC2)nc1. The van der Waals surface area contributed by atoms with E-state index in [1.807, 2.05) is 12.3 Å². The second kappa shape index (κ2) is 7.73. The maximum Gasteiger partial charge on any atom is 0.128 e. The standard InChI is InChI=1S/C16H26N4O/c1-2-6-18-16(5-1)20-11-9-19(10-12-20)8-7-17-14-15-4-3-13-21-15/h1-2,5-6,15,17H,3-4,7-14H2. The Morgan fingerprint density at radius 1 is 1.24 bits per heavy atom. The average Bonchev–Trinajstić information content (AvgIpc) is 3.06. The summed E-state index contributed by atoms with van der Waals surface area (Å²) in [4.78, 5) is 9.33. The van der Waals surface area contributed by atoms with Gasteiger partial charge in [-0.2, -0.15) is 0 Å². The molecule has 2 fully saturated rings. The Bertz CT molecular complexity index is 400. The molecule has 3 rings (SSSR count). The minimum Gasteiger partial charge on any atom is -0.377 e. The zero-order valence-electron chi connectivity index (χ0n) is 12.7. The first-order chi connectivity index (χ1) is 10.4. The quantitative estimate of drug-likeness (QED) is 0.791. The number of ether oxygens (including phenoxy) is 1. The highest BCUT2D eigenvalue weighted by Crippen LogP contribution is 2.12. The number of pyridine rings is 1. The van der Waals surface area contributed by atoms with Gasteiger partial charge >= 0.3 is 0 Å². The van der Waals surface area contributed by atoms with Crippen LogP contribution in [0.2, 0.25) is 0 Å². The first kappa shape index (κ1) is 14.8. The minimum atomic E-state index is 0.450. The van der Waals surface area contributed by atoms with Gasteiger partial charge < -0.3 is 15.0 Å². The fraction of sp³-hybridized carbons (Fsp3) is 0.688. The molecule has 1 atom stereocenters. The maximum absolute atomic E-state index is 5.62. The predicted molar refractivity (Wildman–Crippen MR) is 84.7 cm³/mol. The first-order valence-corrected chi connectivity index (χ1v) is 8.12. The van der Waals surface area contributed by atoms with Crippen LogP contribution in [0.4, 0.5) is 5.82 Å². The molecule has 1 N–H and O–H groups in total. The lowest BCUT2D eigenvalue weighted by Gasteiger charge is -2.35. The molecule has 2 saturated heterocycles. The van der Waals surface area contributed by atoms with Crippen molar-refractivity contribution >= 4 is 5.82 Å². The van der Waals surface area contributed by atoms with E-state index in [4.69, 9.17) is 4.74 Å². The number of aromatic nitrogens is 1. The highest BCUT2D eigenvalue weighted by atomic mass is 16.5. The molecule has 1 aromatic heterocycles. The van der Waals surface area contributed by atoms with Crippen LogP contribution in [0.1, 0.15) is 12.8 Å². The van der Waals surface area contributed by atoms with Crippen molar-refractivity contribution in [2.75, 3.05) is 57.3 Å². The second-order valence-corrected chi connectivity index (χ2v) is 5.86. The second-order valence-electron chi connectivity index (χ2n) is 5.86. The first-order valence-electron chi connectivity index (χ1n) is 8.12. The number of anilines is 1. The molecule has 5 nitrogen and oxygen atoms in total. The molecule has 0 amide bonds. The summed E-state index contributed by atoms with van der Waals surface area (Å²) in [6, 6.07) is 6.13. The molecule has 0 saturated carbocycles. The van der Waals surface area contributed by atoms with Crippen LogP contribution in [0.3, 0.4) is 0 Å². The van der Waals surface area contributed by atoms with E-state index in [0.717, 1.165) is 58.2 Å². The van der Waals surface area contributed by atoms with E-state index in [1.54, 1.807) is 0 Å². The van der Waals surface area contributed by atoms with Gasteiger partial charge in [-0.25, -0.2) is 4.98 Å². The number of hydrogen-bond donors (Lipinski definition) is 1. The van der Waals surface area contributed by atoms with E-state index in [-0.39, 0.29) is 0 Å². The molecular formula is C16H26N4O. The van der Waals surface area contributed by atoms with E-state index >= 15 is 0 Å². The maximum atomic E-state index is 5.62. The largest absolute Gasteiger partial charge is 0.377 e. The van der Waals surface area contributed by atoms with E-state index in [1.165, 1.54) is 12.8 Å². The summed E-state index contributed by atoms with van der Waals surface area (Å²) >= 11 is 0. The topological polar surface area (TPSA) is 40.6 Å². The average molecular weight is 290 g/mol. The normalized spacial score (nSPS) is 23.6. The van der Waals surface area contributed by atoms with E-state index in [2.05, 4.69) is 32.2 Å². The molecule has 1 unspecified atom stereocenters. The van der Waals surface area contributed by atoms with Crippen LogP contribution in [0.25, 0.3) is 0 Å². The van der Waals surface area contributed by atoms with Gasteiger partial charge in [-0.15, -0.1) is 0 Å². The van der Waals surface area contributed by atoms with Crippen molar-refractivity contribution in [2.45, 2.75) is 18.9 Å². The number of piperazine rings is 1. The lowest BCUT2D eigenvalue weighted by Crippen LogP contribution is -2.48. The molecule has 1 aromatic rings. The van der Waals surface area contributed by atoms with Gasteiger partial charge in [0.05, 0.1) is 6.10 Å². The Morgan fingerprint density at radius 3 is 2.86 bits per heavy atom. The van der Waals surface area contributed by atoms with Gasteiger partial charge in [0.15, 0.2) is 0 Å². The Kier molecular flexibility index (Phi) is 5.43. The van der Waals surface area contributed by atoms with Crippen molar-refractivity contribution in [1.29, 1.82) is 0 Å². The van der Waals surface area contributed by atoms with Crippen molar-refractivity contribution in [1.82, 2.24) is 15.2 Å². The predicted octanol–water partition coefficient (Wildman–Crippen LogP) is 0.972. The molecular weight excluding hydrogens is 264 g/mol. The van der Waals surface area contributed by atoms with Crippen LogP contribution in [0.5, 0.6) is 0 Å². The molecule has 0 spiro atoms. The molecule has 0 radical (unpaired) electrons. The Morgan fingerprint density at radius 2 is 2.14 bits per heavy atom. The van der Waals surface area contributed by atoms with Crippen LogP contribution in [-0.4, -0.2) is 68.4 Å². The van der Waals surface area contributed by atoms with Crippen LogP contribution < -0.4 is 10.2 Å². The third-order valence-electron chi connectivity index (χ3n) is 4.35. The Balaban J connectivity index is 1.30. The lowest BCUT2D eigenvalue weighted by atomic mass is 10.2. The van der Waals surface area contributed by atoms with Crippen molar-refractivity contribution in [2.24, 2.45) is 0 Å². The van der Waals surface area contributed by atoms with Gasteiger partial charge in [0.25, 0.3) is 0 Å². The third-order valence-corrected chi connectivity index (χ3v) is 4.35. The molecule has 2 aliphatic rings. The van der Waals surface area contributed by atoms with Crippen molar-refractivity contribution in [3.8, 4) is 0 Å². The highest BCUT2D eigenvalue weighted by Gasteiger charge is 2.18. The minimum absolute atomic E-state index is 0.450. The van der Waals surface area contributed by atoms with Crippen LogP contribution in [-0.2, 0) is 4.74 Å². The van der Waals surface area contributed by atoms with Crippen molar-refractivity contribution in [3.05, 3.63) is 24.4 Å². The van der Waals surface area contributed by atoms with Crippen molar-refractivity contribution in [3.63, 3.8) is 0 Å². The monoisotopic (exact) mass is 290 g/mol. The van der Waals surface area contributed by atoms with Crippen LogP contribution >= 0.6 is 0 Å². The fourth-order valence-electron chi connectivity index (χ4n) is 3.05. The van der Waals surface area contributed by atoms with Crippen LogP contribution in [0, 0.1) is 0 Å². The molecule has 0 aromatic carbocycles. The Labute approximate surface area is 127 Å². The van der Waals surface area contributed by atoms with Gasteiger partial charge in [0.1, 0.15) is 5.82 Å². The van der Waals surface area contributed by atoms with E-state index < -0.39 is 0 Å². The summed E-state index contributed by atoms with van der Waals surface area (Å²) in [6.07, 6.45) is 4.76. The molecule has 116 valence electrons. The van der Waals surface area contributed by atoms with E-state index in [9.17, 15) is 0 Å². The lowest BCUT2D eigenvalue weighted by molar-refractivity contribution is 0.109. The van der Waals surface area contributed by atoms with Gasteiger partial charge in [0.2, 0.25) is 0 Å². The smallest absolute Gasteiger partial charge is 0.128 e. The fourth-order valence-corrected chi connectivity index (χ4v) is 3.05. The summed E-state index contributed by atoms with van der Waals surface area (Å²) in [7, 11) is 0. The number of hydrogen-bond acceptors (Lipinski definition) is 5. The summed E-state index contributed by atoms with van der Waals surface area (Å²) in [5, 5.41) is 3.52. The van der Waals surface area contributed by atoms with Crippen LogP contribution in [0.15, 0.2) is 24.4 Å². The Hall–Kier alpha value is -1.17. The van der Waals surface area contributed by atoms with Crippen molar-refractivity contribution < 1.29 is 4.74 Å². The van der Waals surface area contributed by atoms with Gasteiger partial charge in [0, 0.05) is 58.6 Å².